The van der Waals surface area contributed by atoms with Gasteiger partial charge in [-0.25, -0.2) is 0 Å². The van der Waals surface area contributed by atoms with Gasteiger partial charge < -0.3 is 4.74 Å². The fraction of sp³-hybridized carbons (Fsp3) is 0.167. The van der Waals surface area contributed by atoms with E-state index in [1.165, 1.54) is 12.1 Å². The summed E-state index contributed by atoms with van der Waals surface area (Å²) < 4.78 is 5.04. The summed E-state index contributed by atoms with van der Waals surface area (Å²) in [6.45, 7) is 4.91. The number of hydrogen-bond acceptors (Lipinski definition) is 3. The lowest BCUT2D eigenvalue weighted by Crippen LogP contribution is -2.05. The summed E-state index contributed by atoms with van der Waals surface area (Å²) >= 11 is 11.1. The summed E-state index contributed by atoms with van der Waals surface area (Å²) in [4.78, 5) is 22.2. The molecule has 0 aromatic heterocycles. The van der Waals surface area contributed by atoms with Gasteiger partial charge in [-0.05, 0) is 42.3 Å². The van der Waals surface area contributed by atoms with Crippen molar-refractivity contribution in [2.24, 2.45) is 0 Å². The van der Waals surface area contributed by atoms with Gasteiger partial charge in [0.25, 0.3) is 5.24 Å². The van der Waals surface area contributed by atoms with Gasteiger partial charge in [-0.2, -0.15) is 0 Å². The van der Waals surface area contributed by atoms with Crippen LogP contribution in [0.1, 0.15) is 17.3 Å². The Morgan fingerprint density at radius 3 is 2.53 bits per heavy atom. The number of carbonyl (C=O) groups is 2. The second-order valence-corrected chi connectivity index (χ2v) is 4.22. The summed E-state index contributed by atoms with van der Waals surface area (Å²) in [7, 11) is 0. The van der Waals surface area contributed by atoms with E-state index < -0.39 is 5.24 Å². The lowest BCUT2D eigenvalue weighted by atomic mass is 10.1. The highest BCUT2D eigenvalue weighted by atomic mass is 35.5. The third kappa shape index (κ3) is 3.88. The van der Waals surface area contributed by atoms with E-state index in [4.69, 9.17) is 27.9 Å². The van der Waals surface area contributed by atoms with Gasteiger partial charge in [0.15, 0.2) is 12.4 Å². The Labute approximate surface area is 109 Å². The van der Waals surface area contributed by atoms with Crippen LogP contribution < -0.4 is 4.74 Å². The molecule has 17 heavy (non-hydrogen) atoms. The van der Waals surface area contributed by atoms with Crippen LogP contribution in [0.15, 0.2) is 30.4 Å². The second-order valence-electron chi connectivity index (χ2n) is 3.39. The molecule has 0 amide bonds. The molecule has 0 unspecified atom stereocenters. The van der Waals surface area contributed by atoms with Crippen LogP contribution in [0.25, 0.3) is 0 Å². The zero-order valence-corrected chi connectivity index (χ0v) is 10.6. The molecule has 0 saturated carbocycles. The molecule has 0 aliphatic rings. The van der Waals surface area contributed by atoms with Gasteiger partial charge in [-0.3, -0.25) is 9.59 Å². The van der Waals surface area contributed by atoms with Crippen LogP contribution in [0.2, 0.25) is 5.02 Å². The average molecular weight is 273 g/mol. The number of ether oxygens (including phenoxy) is 1. The van der Waals surface area contributed by atoms with E-state index in [2.05, 4.69) is 6.58 Å². The van der Waals surface area contributed by atoms with E-state index >= 15 is 0 Å². The van der Waals surface area contributed by atoms with Gasteiger partial charge in [0.2, 0.25) is 0 Å². The summed E-state index contributed by atoms with van der Waals surface area (Å²) in [6, 6.07) is 4.52. The smallest absolute Gasteiger partial charge is 0.259 e. The van der Waals surface area contributed by atoms with Crippen molar-refractivity contribution in [2.75, 3.05) is 6.61 Å². The summed E-state index contributed by atoms with van der Waals surface area (Å²) in [6.07, 6.45) is 0. The normalized spacial score (nSPS) is 9.82. The number of ketones is 1. The first kappa shape index (κ1) is 13.7. The Morgan fingerprint density at radius 2 is 2.06 bits per heavy atom. The summed E-state index contributed by atoms with van der Waals surface area (Å²) in [5.41, 5.74) is 0.750. The monoisotopic (exact) mass is 272 g/mol. The van der Waals surface area contributed by atoms with Crippen molar-refractivity contribution in [3.05, 3.63) is 40.9 Å². The molecule has 90 valence electrons. The maximum atomic E-state index is 11.6. The molecule has 0 N–H and O–H groups in total. The van der Waals surface area contributed by atoms with E-state index in [9.17, 15) is 9.59 Å². The molecule has 0 fully saturated rings. The van der Waals surface area contributed by atoms with Gasteiger partial charge in [0.1, 0.15) is 5.75 Å². The standard InChI is InChI=1S/C12H10Cl2O3/c1-7(2)12(16)9-4-3-8(5-10(9)13)17-6-11(14)15/h3-5H,1,6H2,2H3. The van der Waals surface area contributed by atoms with Crippen LogP contribution in [-0.4, -0.2) is 17.6 Å². The van der Waals surface area contributed by atoms with Crippen molar-refractivity contribution in [2.45, 2.75) is 6.92 Å². The highest BCUT2D eigenvalue weighted by Gasteiger charge is 2.12. The van der Waals surface area contributed by atoms with Crippen LogP contribution in [0, 0.1) is 0 Å². The van der Waals surface area contributed by atoms with E-state index in [0.717, 1.165) is 0 Å². The lowest BCUT2D eigenvalue weighted by molar-refractivity contribution is -0.113. The van der Waals surface area contributed by atoms with Crippen molar-refractivity contribution in [1.29, 1.82) is 0 Å². The van der Waals surface area contributed by atoms with Gasteiger partial charge >= 0.3 is 0 Å². The largest absolute Gasteiger partial charge is 0.484 e. The molecule has 0 radical (unpaired) electrons. The molecule has 5 heteroatoms. The maximum Gasteiger partial charge on any atom is 0.259 e. The second kappa shape index (κ2) is 5.84. The van der Waals surface area contributed by atoms with E-state index in [0.29, 0.717) is 16.9 Å². The summed E-state index contributed by atoms with van der Waals surface area (Å²) in [5, 5.41) is -0.360. The Kier molecular flexibility index (Phi) is 4.73. The van der Waals surface area contributed by atoms with Gasteiger partial charge in [-0.15, -0.1) is 0 Å². The van der Waals surface area contributed by atoms with Crippen LogP contribution in [0.3, 0.4) is 0 Å². The molecule has 0 heterocycles. The van der Waals surface area contributed by atoms with Crippen LogP contribution in [0.5, 0.6) is 5.75 Å². The number of allylic oxidation sites excluding steroid dienone is 1. The number of halogens is 2. The predicted octanol–water partition coefficient (Wildman–Crippen LogP) is 3.24. The fourth-order valence-electron chi connectivity index (χ4n) is 1.14. The van der Waals surface area contributed by atoms with Crippen molar-refractivity contribution < 1.29 is 14.3 Å². The molecular formula is C12H10Cl2O3. The third-order valence-electron chi connectivity index (χ3n) is 1.93. The number of Topliss-reactive ketones (excluding diaryl/α,β-unsaturated/α-hetero) is 1. The SMILES string of the molecule is C=C(C)C(=O)c1ccc(OCC(=O)Cl)cc1Cl. The zero-order chi connectivity index (χ0) is 13.0. The van der Waals surface area contributed by atoms with Crippen molar-refractivity contribution in [1.82, 2.24) is 0 Å². The molecule has 0 bridgehead atoms. The zero-order valence-electron chi connectivity index (χ0n) is 9.13. The van der Waals surface area contributed by atoms with Crippen molar-refractivity contribution >= 4 is 34.2 Å². The van der Waals surface area contributed by atoms with E-state index in [1.54, 1.807) is 13.0 Å². The van der Waals surface area contributed by atoms with Crippen molar-refractivity contribution in [3.8, 4) is 5.75 Å². The topological polar surface area (TPSA) is 43.4 Å². The minimum absolute atomic E-state index is 0.227. The Bertz CT molecular complexity index is 481. The maximum absolute atomic E-state index is 11.6. The molecule has 1 aromatic carbocycles. The van der Waals surface area contributed by atoms with E-state index in [-0.39, 0.29) is 17.4 Å². The first-order valence-corrected chi connectivity index (χ1v) is 5.48. The third-order valence-corrected chi connectivity index (χ3v) is 2.35. The minimum atomic E-state index is -0.608. The highest BCUT2D eigenvalue weighted by Crippen LogP contribution is 2.24. The van der Waals surface area contributed by atoms with Crippen LogP contribution >= 0.6 is 23.2 Å². The van der Waals surface area contributed by atoms with Crippen molar-refractivity contribution in [3.63, 3.8) is 0 Å². The molecule has 0 atom stereocenters. The van der Waals surface area contributed by atoms with Gasteiger partial charge in [-0.1, -0.05) is 18.2 Å². The number of carbonyl (C=O) groups excluding carboxylic acids is 2. The summed E-state index contributed by atoms with van der Waals surface area (Å²) in [5.74, 6) is 0.150. The molecule has 0 saturated heterocycles. The Hall–Kier alpha value is -1.32. The molecule has 1 aromatic rings. The molecule has 0 spiro atoms. The van der Waals surface area contributed by atoms with Gasteiger partial charge in [0.05, 0.1) is 5.02 Å². The average Bonchev–Trinajstić information content (AvgIpc) is 2.25. The highest BCUT2D eigenvalue weighted by molar-refractivity contribution is 6.63. The van der Waals surface area contributed by atoms with Crippen LogP contribution in [-0.2, 0) is 4.79 Å². The number of hydrogen-bond donors (Lipinski definition) is 0. The molecule has 1 rings (SSSR count). The number of rotatable bonds is 5. The lowest BCUT2D eigenvalue weighted by Gasteiger charge is -2.07. The molecular weight excluding hydrogens is 263 g/mol. The first-order chi connectivity index (χ1) is 7.91. The number of benzene rings is 1. The van der Waals surface area contributed by atoms with E-state index in [1.807, 2.05) is 0 Å². The molecule has 0 aliphatic heterocycles. The van der Waals surface area contributed by atoms with Gasteiger partial charge in [0, 0.05) is 5.56 Å². The Morgan fingerprint density at radius 1 is 1.41 bits per heavy atom. The fourth-order valence-corrected chi connectivity index (χ4v) is 1.45. The quantitative estimate of drug-likeness (QED) is 0.470. The van der Waals surface area contributed by atoms with Crippen LogP contribution in [0.4, 0.5) is 0 Å². The predicted molar refractivity (Wildman–Crippen MR) is 67.0 cm³/mol. The first-order valence-electron chi connectivity index (χ1n) is 4.72. The molecule has 3 nitrogen and oxygen atoms in total. The minimum Gasteiger partial charge on any atom is -0.484 e. The Balaban J connectivity index is 2.90. The molecule has 0 aliphatic carbocycles.